The molecule has 5 heteroatoms. The average Bonchev–Trinajstić information content (AvgIpc) is 2.30. The SMILES string of the molecule is CC(CBr)(CBr)NC(=O)c1cccnc1. The number of carbonyl (C=O) groups is 1. The summed E-state index contributed by atoms with van der Waals surface area (Å²) >= 11 is 6.75. The van der Waals surface area contributed by atoms with Crippen molar-refractivity contribution in [2.24, 2.45) is 0 Å². The predicted octanol–water partition coefficient (Wildman–Crippen LogP) is 2.36. The van der Waals surface area contributed by atoms with E-state index in [-0.39, 0.29) is 11.4 Å². The van der Waals surface area contributed by atoms with Crippen molar-refractivity contribution in [3.63, 3.8) is 0 Å². The number of nitrogens with zero attached hydrogens (tertiary/aromatic N) is 1. The highest BCUT2D eigenvalue weighted by Gasteiger charge is 2.24. The van der Waals surface area contributed by atoms with Crippen molar-refractivity contribution in [1.29, 1.82) is 0 Å². The van der Waals surface area contributed by atoms with E-state index in [2.05, 4.69) is 42.2 Å². The number of halogens is 2. The van der Waals surface area contributed by atoms with Gasteiger partial charge in [-0.05, 0) is 19.1 Å². The topological polar surface area (TPSA) is 42.0 Å². The monoisotopic (exact) mass is 334 g/mol. The zero-order valence-corrected chi connectivity index (χ0v) is 11.5. The number of hydrogen-bond acceptors (Lipinski definition) is 2. The molecule has 1 heterocycles. The van der Waals surface area contributed by atoms with Gasteiger partial charge in [-0.2, -0.15) is 0 Å². The second kappa shape index (κ2) is 5.61. The number of carbonyl (C=O) groups excluding carboxylic acids is 1. The molecular formula is C10H12Br2N2O. The third-order valence-electron chi connectivity index (χ3n) is 1.93. The quantitative estimate of drug-likeness (QED) is 0.858. The Morgan fingerprint density at radius 2 is 2.20 bits per heavy atom. The standard InChI is InChI=1S/C10H12Br2N2O/c1-10(6-11,7-12)14-9(15)8-3-2-4-13-5-8/h2-5H,6-7H2,1H3,(H,14,15). The van der Waals surface area contributed by atoms with Crippen molar-refractivity contribution >= 4 is 37.8 Å². The molecule has 1 aromatic heterocycles. The number of pyridine rings is 1. The van der Waals surface area contributed by atoms with E-state index in [1.54, 1.807) is 24.5 Å². The number of rotatable bonds is 4. The van der Waals surface area contributed by atoms with Crippen LogP contribution < -0.4 is 5.32 Å². The summed E-state index contributed by atoms with van der Waals surface area (Å²) in [6, 6.07) is 3.49. The highest BCUT2D eigenvalue weighted by molar-refractivity contribution is 9.09. The summed E-state index contributed by atoms with van der Waals surface area (Å²) in [5.74, 6) is -0.107. The number of nitrogens with one attached hydrogen (secondary N) is 1. The first-order chi connectivity index (χ1) is 7.11. The molecule has 0 saturated heterocycles. The van der Waals surface area contributed by atoms with Gasteiger partial charge in [0.1, 0.15) is 0 Å². The van der Waals surface area contributed by atoms with Crippen LogP contribution in [-0.4, -0.2) is 27.1 Å². The van der Waals surface area contributed by atoms with Crippen LogP contribution >= 0.6 is 31.9 Å². The van der Waals surface area contributed by atoms with E-state index in [4.69, 9.17) is 0 Å². The van der Waals surface area contributed by atoms with Gasteiger partial charge in [0, 0.05) is 23.1 Å². The fourth-order valence-electron chi connectivity index (χ4n) is 0.946. The third kappa shape index (κ3) is 3.57. The summed E-state index contributed by atoms with van der Waals surface area (Å²) in [7, 11) is 0. The van der Waals surface area contributed by atoms with Crippen LogP contribution in [-0.2, 0) is 0 Å². The summed E-state index contributed by atoms with van der Waals surface area (Å²) in [6.07, 6.45) is 3.20. The molecule has 0 spiro atoms. The van der Waals surface area contributed by atoms with Crippen LogP contribution in [0.1, 0.15) is 17.3 Å². The van der Waals surface area contributed by atoms with Gasteiger partial charge in [0.15, 0.2) is 0 Å². The molecule has 0 aliphatic rings. The number of amides is 1. The molecule has 1 amide bonds. The largest absolute Gasteiger partial charge is 0.345 e. The lowest BCUT2D eigenvalue weighted by Gasteiger charge is -2.26. The van der Waals surface area contributed by atoms with Crippen molar-refractivity contribution in [2.75, 3.05) is 10.7 Å². The second-order valence-corrected chi connectivity index (χ2v) is 4.65. The Morgan fingerprint density at radius 3 is 2.67 bits per heavy atom. The molecule has 0 radical (unpaired) electrons. The molecule has 0 aliphatic carbocycles. The molecule has 0 fully saturated rings. The minimum Gasteiger partial charge on any atom is -0.345 e. The Balaban J connectivity index is 2.72. The fourth-order valence-corrected chi connectivity index (χ4v) is 2.15. The molecule has 1 rings (SSSR count). The van der Waals surface area contributed by atoms with Crippen LogP contribution in [0.2, 0.25) is 0 Å². The first-order valence-corrected chi connectivity index (χ1v) is 6.70. The van der Waals surface area contributed by atoms with Crippen LogP contribution in [0.5, 0.6) is 0 Å². The highest BCUT2D eigenvalue weighted by atomic mass is 79.9. The molecule has 15 heavy (non-hydrogen) atoms. The lowest BCUT2D eigenvalue weighted by molar-refractivity contribution is 0.0922. The van der Waals surface area contributed by atoms with Crippen molar-refractivity contribution in [2.45, 2.75) is 12.5 Å². The van der Waals surface area contributed by atoms with E-state index in [0.717, 1.165) is 0 Å². The summed E-state index contributed by atoms with van der Waals surface area (Å²) in [5, 5.41) is 4.32. The first kappa shape index (κ1) is 12.6. The molecular weight excluding hydrogens is 324 g/mol. The van der Waals surface area contributed by atoms with Crippen LogP contribution in [0.25, 0.3) is 0 Å². The third-order valence-corrected chi connectivity index (χ3v) is 4.40. The van der Waals surface area contributed by atoms with Crippen molar-refractivity contribution in [1.82, 2.24) is 10.3 Å². The Morgan fingerprint density at radius 1 is 1.53 bits per heavy atom. The zero-order valence-electron chi connectivity index (χ0n) is 8.34. The number of hydrogen-bond donors (Lipinski definition) is 1. The molecule has 0 unspecified atom stereocenters. The van der Waals surface area contributed by atoms with Gasteiger partial charge in [-0.15, -0.1) is 0 Å². The molecule has 0 atom stereocenters. The molecule has 0 aromatic carbocycles. The summed E-state index contributed by atoms with van der Waals surface area (Å²) in [5.41, 5.74) is 0.290. The van der Waals surface area contributed by atoms with E-state index < -0.39 is 0 Å². The van der Waals surface area contributed by atoms with Crippen LogP contribution in [0.4, 0.5) is 0 Å². The maximum atomic E-state index is 11.8. The normalized spacial score (nSPS) is 11.1. The second-order valence-electron chi connectivity index (χ2n) is 3.52. The van der Waals surface area contributed by atoms with Gasteiger partial charge in [0.05, 0.1) is 11.1 Å². The van der Waals surface area contributed by atoms with Crippen molar-refractivity contribution in [3.05, 3.63) is 30.1 Å². The molecule has 0 bridgehead atoms. The molecule has 0 aliphatic heterocycles. The van der Waals surface area contributed by atoms with Crippen molar-refractivity contribution in [3.8, 4) is 0 Å². The predicted molar refractivity (Wildman–Crippen MR) is 67.7 cm³/mol. The molecule has 3 nitrogen and oxygen atoms in total. The van der Waals surface area contributed by atoms with E-state index in [9.17, 15) is 4.79 Å². The summed E-state index contributed by atoms with van der Waals surface area (Å²) in [6.45, 7) is 1.96. The van der Waals surface area contributed by atoms with Crippen LogP contribution in [0, 0.1) is 0 Å². The lowest BCUT2D eigenvalue weighted by atomic mass is 10.1. The van der Waals surface area contributed by atoms with E-state index in [0.29, 0.717) is 16.2 Å². The maximum absolute atomic E-state index is 11.8. The van der Waals surface area contributed by atoms with Gasteiger partial charge in [0.2, 0.25) is 0 Å². The van der Waals surface area contributed by atoms with E-state index >= 15 is 0 Å². The Kier molecular flexibility index (Phi) is 4.73. The molecule has 0 saturated carbocycles. The number of alkyl halides is 2. The number of aromatic nitrogens is 1. The molecule has 1 N–H and O–H groups in total. The fraction of sp³-hybridized carbons (Fsp3) is 0.400. The zero-order chi connectivity index (χ0) is 11.3. The highest BCUT2D eigenvalue weighted by Crippen LogP contribution is 2.12. The van der Waals surface area contributed by atoms with Gasteiger partial charge in [-0.25, -0.2) is 0 Å². The van der Waals surface area contributed by atoms with Crippen LogP contribution in [0.15, 0.2) is 24.5 Å². The smallest absolute Gasteiger partial charge is 0.253 e. The minimum absolute atomic E-state index is 0.107. The van der Waals surface area contributed by atoms with E-state index in [1.807, 2.05) is 6.92 Å². The van der Waals surface area contributed by atoms with Crippen molar-refractivity contribution < 1.29 is 4.79 Å². The summed E-state index contributed by atoms with van der Waals surface area (Å²) < 4.78 is 0. The maximum Gasteiger partial charge on any atom is 0.253 e. The minimum atomic E-state index is -0.285. The Bertz CT molecular complexity index is 325. The lowest BCUT2D eigenvalue weighted by Crippen LogP contribution is -2.48. The molecule has 82 valence electrons. The Labute approximate surface area is 106 Å². The van der Waals surface area contributed by atoms with Gasteiger partial charge in [0.25, 0.3) is 5.91 Å². The molecule has 1 aromatic rings. The van der Waals surface area contributed by atoms with Gasteiger partial charge in [-0.3, -0.25) is 9.78 Å². The summed E-state index contributed by atoms with van der Waals surface area (Å²) in [4.78, 5) is 15.7. The van der Waals surface area contributed by atoms with Gasteiger partial charge in [-0.1, -0.05) is 31.9 Å². The first-order valence-electron chi connectivity index (χ1n) is 4.46. The van der Waals surface area contributed by atoms with Gasteiger partial charge < -0.3 is 5.32 Å². The average molecular weight is 336 g/mol. The Hall–Kier alpha value is -0.420. The van der Waals surface area contributed by atoms with E-state index in [1.165, 1.54) is 0 Å². The van der Waals surface area contributed by atoms with Crippen LogP contribution in [0.3, 0.4) is 0 Å². The van der Waals surface area contributed by atoms with Gasteiger partial charge >= 0.3 is 0 Å².